The molecule has 0 aliphatic rings. The molecule has 0 saturated carbocycles. The molecule has 1 aromatic carbocycles. The van der Waals surface area contributed by atoms with E-state index in [1.165, 1.54) is 23.5 Å². The molecule has 6 heteroatoms. The summed E-state index contributed by atoms with van der Waals surface area (Å²) in [6.07, 6.45) is 3.77. The summed E-state index contributed by atoms with van der Waals surface area (Å²) in [7, 11) is 0. The van der Waals surface area contributed by atoms with Crippen LogP contribution in [0.25, 0.3) is 0 Å². The number of hydrogen-bond acceptors (Lipinski definition) is 4. The molecular formula is C11H9Cl2NOS2. The van der Waals surface area contributed by atoms with Gasteiger partial charge in [-0.2, -0.15) is 5.26 Å². The van der Waals surface area contributed by atoms with Gasteiger partial charge in [0, 0.05) is 5.02 Å². The average molecular weight is 306 g/mol. The van der Waals surface area contributed by atoms with Crippen molar-refractivity contribution in [1.29, 1.82) is 5.26 Å². The molecule has 0 N–H and O–H groups in total. The summed E-state index contributed by atoms with van der Waals surface area (Å²) in [5, 5.41) is 9.95. The SMILES string of the molecule is CSC(SC)=C(C#N)Oc1ccc(Cl)cc1Cl. The zero-order valence-corrected chi connectivity index (χ0v) is 12.3. The Morgan fingerprint density at radius 2 is 1.94 bits per heavy atom. The highest BCUT2D eigenvalue weighted by molar-refractivity contribution is 8.21. The monoisotopic (exact) mass is 305 g/mol. The number of nitriles is 1. The van der Waals surface area contributed by atoms with Crippen molar-refractivity contribution in [2.75, 3.05) is 12.5 Å². The Bertz CT molecular complexity index is 477. The van der Waals surface area contributed by atoms with Crippen molar-refractivity contribution < 1.29 is 4.74 Å². The van der Waals surface area contributed by atoms with Crippen LogP contribution in [0.3, 0.4) is 0 Å². The summed E-state index contributed by atoms with van der Waals surface area (Å²) in [6, 6.07) is 6.89. The van der Waals surface area contributed by atoms with E-state index in [-0.39, 0.29) is 5.76 Å². The molecule has 2 nitrogen and oxygen atoms in total. The van der Waals surface area contributed by atoms with Crippen LogP contribution >= 0.6 is 46.7 Å². The maximum atomic E-state index is 9.04. The fourth-order valence-electron chi connectivity index (χ4n) is 1.05. The standard InChI is InChI=1S/C11H9Cl2NOS2/c1-16-11(17-2)10(6-14)15-9-4-3-7(12)5-8(9)13/h3-5H,1-2H3. The summed E-state index contributed by atoms with van der Waals surface area (Å²) in [6.45, 7) is 0. The van der Waals surface area contributed by atoms with Crippen LogP contribution < -0.4 is 4.74 Å². The van der Waals surface area contributed by atoms with E-state index >= 15 is 0 Å². The number of hydrogen-bond donors (Lipinski definition) is 0. The van der Waals surface area contributed by atoms with Gasteiger partial charge in [-0.15, -0.1) is 23.5 Å². The molecule has 90 valence electrons. The summed E-state index contributed by atoms with van der Waals surface area (Å²) in [5.74, 6) is 0.669. The first-order valence-corrected chi connectivity index (χ1v) is 7.68. The lowest BCUT2D eigenvalue weighted by Crippen LogP contribution is -1.95. The van der Waals surface area contributed by atoms with Gasteiger partial charge in [-0.05, 0) is 30.7 Å². The van der Waals surface area contributed by atoms with Crippen LogP contribution in [0.5, 0.6) is 5.75 Å². The topological polar surface area (TPSA) is 33.0 Å². The molecule has 0 aliphatic carbocycles. The summed E-state index contributed by atoms with van der Waals surface area (Å²) in [4.78, 5) is 0. The Morgan fingerprint density at radius 1 is 1.29 bits per heavy atom. The lowest BCUT2D eigenvalue weighted by atomic mass is 10.3. The minimum atomic E-state index is 0.245. The summed E-state index contributed by atoms with van der Waals surface area (Å²) in [5.41, 5.74) is 0. The lowest BCUT2D eigenvalue weighted by Gasteiger charge is -2.08. The van der Waals surface area contributed by atoms with Gasteiger partial charge in [0.2, 0.25) is 5.76 Å². The van der Waals surface area contributed by atoms with Crippen LogP contribution in [0, 0.1) is 11.3 Å². The van der Waals surface area contributed by atoms with Gasteiger partial charge in [-0.25, -0.2) is 0 Å². The third-order valence-electron chi connectivity index (χ3n) is 1.76. The van der Waals surface area contributed by atoms with Crippen molar-refractivity contribution >= 4 is 46.7 Å². The fraction of sp³-hybridized carbons (Fsp3) is 0.182. The normalized spacial score (nSPS) is 9.59. The number of allylic oxidation sites excluding steroid dienone is 1. The Labute approximate surface area is 119 Å². The van der Waals surface area contributed by atoms with Crippen LogP contribution in [0.4, 0.5) is 0 Å². The first kappa shape index (κ1) is 14.6. The molecule has 0 unspecified atom stereocenters. The molecule has 0 aromatic heterocycles. The van der Waals surface area contributed by atoms with Crippen molar-refractivity contribution in [3.63, 3.8) is 0 Å². The van der Waals surface area contributed by atoms with Crippen LogP contribution in [0.2, 0.25) is 10.0 Å². The van der Waals surface area contributed by atoms with Crippen molar-refractivity contribution in [3.05, 3.63) is 38.2 Å². The van der Waals surface area contributed by atoms with Crippen LogP contribution in [0.1, 0.15) is 0 Å². The van der Waals surface area contributed by atoms with Crippen molar-refractivity contribution in [2.45, 2.75) is 0 Å². The molecule has 0 saturated heterocycles. The zero-order valence-electron chi connectivity index (χ0n) is 9.16. The van der Waals surface area contributed by atoms with E-state index in [4.69, 9.17) is 33.2 Å². The van der Waals surface area contributed by atoms with E-state index in [1.807, 2.05) is 18.6 Å². The molecule has 0 atom stereocenters. The highest BCUT2D eigenvalue weighted by atomic mass is 35.5. The Kier molecular flexibility index (Phi) is 6.07. The maximum absolute atomic E-state index is 9.04. The Morgan fingerprint density at radius 3 is 2.41 bits per heavy atom. The molecule has 0 spiro atoms. The third-order valence-corrected chi connectivity index (χ3v) is 4.41. The van der Waals surface area contributed by atoms with E-state index < -0.39 is 0 Å². The van der Waals surface area contributed by atoms with Crippen molar-refractivity contribution in [3.8, 4) is 11.8 Å². The molecule has 0 heterocycles. The zero-order chi connectivity index (χ0) is 12.8. The molecule has 0 fully saturated rings. The molecule has 0 bridgehead atoms. The minimum absolute atomic E-state index is 0.245. The highest BCUT2D eigenvalue weighted by Gasteiger charge is 2.10. The number of thioether (sulfide) groups is 2. The lowest BCUT2D eigenvalue weighted by molar-refractivity contribution is 0.449. The van der Waals surface area contributed by atoms with Gasteiger partial charge in [0.15, 0.2) is 0 Å². The molecule has 0 aliphatic heterocycles. The predicted molar refractivity (Wildman–Crippen MR) is 76.8 cm³/mol. The van der Waals surface area contributed by atoms with E-state index in [9.17, 15) is 0 Å². The number of benzene rings is 1. The van der Waals surface area contributed by atoms with Crippen molar-refractivity contribution in [1.82, 2.24) is 0 Å². The first-order chi connectivity index (χ1) is 8.12. The van der Waals surface area contributed by atoms with Gasteiger partial charge >= 0.3 is 0 Å². The van der Waals surface area contributed by atoms with Gasteiger partial charge in [0.05, 0.1) is 9.26 Å². The quantitative estimate of drug-likeness (QED) is 0.591. The van der Waals surface area contributed by atoms with Crippen LogP contribution in [-0.2, 0) is 0 Å². The number of ether oxygens (including phenoxy) is 1. The largest absolute Gasteiger partial charge is 0.443 e. The predicted octanol–water partition coefficient (Wildman–Crippen LogP) is 4.79. The average Bonchev–Trinajstić information content (AvgIpc) is 2.32. The van der Waals surface area contributed by atoms with Gasteiger partial charge in [0.1, 0.15) is 11.8 Å². The molecule has 1 aromatic rings. The van der Waals surface area contributed by atoms with Gasteiger partial charge in [-0.1, -0.05) is 23.2 Å². The number of rotatable bonds is 4. The minimum Gasteiger partial charge on any atom is -0.443 e. The van der Waals surface area contributed by atoms with Crippen LogP contribution in [-0.4, -0.2) is 12.5 Å². The molecule has 17 heavy (non-hydrogen) atoms. The summed E-state index contributed by atoms with van der Waals surface area (Å²) < 4.78 is 6.28. The summed E-state index contributed by atoms with van der Waals surface area (Å²) >= 11 is 14.7. The molecule has 0 amide bonds. The highest BCUT2D eigenvalue weighted by Crippen LogP contribution is 2.33. The molecule has 0 radical (unpaired) electrons. The molecular weight excluding hydrogens is 297 g/mol. The Balaban J connectivity index is 3.04. The third kappa shape index (κ3) is 4.04. The molecule has 1 rings (SSSR count). The first-order valence-electron chi connectivity index (χ1n) is 4.47. The fourth-order valence-corrected chi connectivity index (χ4v) is 2.71. The number of halogens is 2. The van der Waals surface area contributed by atoms with E-state index in [0.29, 0.717) is 15.8 Å². The van der Waals surface area contributed by atoms with Crippen LogP contribution in [0.15, 0.2) is 28.2 Å². The van der Waals surface area contributed by atoms with E-state index in [2.05, 4.69) is 0 Å². The van der Waals surface area contributed by atoms with E-state index in [0.717, 1.165) is 4.24 Å². The van der Waals surface area contributed by atoms with Gasteiger partial charge in [0.25, 0.3) is 0 Å². The maximum Gasteiger partial charge on any atom is 0.223 e. The Hall–Kier alpha value is -0.470. The second kappa shape index (κ2) is 7.07. The van der Waals surface area contributed by atoms with Crippen molar-refractivity contribution in [2.24, 2.45) is 0 Å². The smallest absolute Gasteiger partial charge is 0.223 e. The second-order valence-electron chi connectivity index (χ2n) is 2.81. The van der Waals surface area contributed by atoms with Gasteiger partial charge < -0.3 is 4.74 Å². The van der Waals surface area contributed by atoms with E-state index in [1.54, 1.807) is 18.2 Å². The second-order valence-corrected chi connectivity index (χ2v) is 5.55. The number of nitrogens with zero attached hydrogens (tertiary/aromatic N) is 1. The van der Waals surface area contributed by atoms with Gasteiger partial charge in [-0.3, -0.25) is 0 Å².